The number of fused-ring (bicyclic) bond motifs is 1. The van der Waals surface area contributed by atoms with Gasteiger partial charge in [0.05, 0.1) is 0 Å². The molecular weight excluding hydrogens is 347 g/mol. The molecule has 2 aliphatic rings. The monoisotopic (exact) mass is 370 g/mol. The van der Waals surface area contributed by atoms with Crippen LogP contribution in [-0.4, -0.2) is 41.5 Å². The number of piperazine rings is 1. The average molecular weight is 370 g/mol. The van der Waals surface area contributed by atoms with Crippen molar-refractivity contribution in [3.05, 3.63) is 33.4 Å². The second-order valence-corrected chi connectivity index (χ2v) is 7.30. The molecule has 2 heterocycles. The van der Waals surface area contributed by atoms with Crippen molar-refractivity contribution in [2.45, 2.75) is 44.8 Å². The molecule has 3 heteroatoms. The van der Waals surface area contributed by atoms with Crippen molar-refractivity contribution in [1.82, 2.24) is 9.80 Å². The number of halogens is 1. The van der Waals surface area contributed by atoms with Crippen molar-refractivity contribution in [2.75, 3.05) is 19.6 Å². The summed E-state index contributed by atoms with van der Waals surface area (Å²) in [6, 6.07) is 10.5. The van der Waals surface area contributed by atoms with Crippen molar-refractivity contribution >= 4 is 22.6 Å². The van der Waals surface area contributed by atoms with Gasteiger partial charge in [-0.15, -0.1) is 0 Å². The van der Waals surface area contributed by atoms with E-state index in [4.69, 9.17) is 0 Å². The van der Waals surface area contributed by atoms with Gasteiger partial charge in [0.1, 0.15) is 0 Å². The topological polar surface area (TPSA) is 6.48 Å². The number of rotatable bonds is 2. The number of hydrogen-bond acceptors (Lipinski definition) is 2. The Hall–Kier alpha value is -0.130. The summed E-state index contributed by atoms with van der Waals surface area (Å²) < 4.78 is 1.33. The van der Waals surface area contributed by atoms with Gasteiger partial charge in [0, 0.05) is 35.3 Å². The Kier molecular flexibility index (Phi) is 4.44. The maximum Gasteiger partial charge on any atom is 0.0237 e. The molecule has 0 radical (unpaired) electrons. The van der Waals surface area contributed by atoms with E-state index in [9.17, 15) is 0 Å². The zero-order valence-corrected chi connectivity index (χ0v) is 13.8. The molecule has 0 amide bonds. The minimum absolute atomic E-state index is 0.689. The van der Waals surface area contributed by atoms with E-state index in [1.165, 1.54) is 48.0 Å². The third-order valence-corrected chi connectivity index (χ3v) is 5.33. The molecule has 2 fully saturated rings. The van der Waals surface area contributed by atoms with Crippen LogP contribution in [0.4, 0.5) is 0 Å². The van der Waals surface area contributed by atoms with Crippen molar-refractivity contribution < 1.29 is 0 Å². The standard InChI is InChI=1S/C16H23IN2/c1-13-10-18-9-3-2-4-16(18)12-19(13)11-14-5-7-15(17)8-6-14/h5-8,13,16H,2-4,9-12H2,1H3. The molecule has 0 aliphatic carbocycles. The van der Waals surface area contributed by atoms with E-state index < -0.39 is 0 Å². The SMILES string of the molecule is CC1CN2CCCCC2CN1Cc1ccc(I)cc1. The van der Waals surface area contributed by atoms with Gasteiger partial charge in [-0.2, -0.15) is 0 Å². The summed E-state index contributed by atoms with van der Waals surface area (Å²) in [6.07, 6.45) is 4.23. The van der Waals surface area contributed by atoms with Crippen molar-refractivity contribution in [3.63, 3.8) is 0 Å². The molecule has 2 nitrogen and oxygen atoms in total. The van der Waals surface area contributed by atoms with Crippen LogP contribution in [0.2, 0.25) is 0 Å². The molecule has 0 N–H and O–H groups in total. The molecule has 0 saturated carbocycles. The van der Waals surface area contributed by atoms with Gasteiger partial charge >= 0.3 is 0 Å². The third-order valence-electron chi connectivity index (χ3n) is 4.62. The number of benzene rings is 1. The molecule has 2 saturated heterocycles. The van der Waals surface area contributed by atoms with Crippen LogP contribution >= 0.6 is 22.6 Å². The van der Waals surface area contributed by atoms with Crippen LogP contribution in [0.3, 0.4) is 0 Å². The normalized spacial score (nSPS) is 29.2. The maximum atomic E-state index is 2.72. The first-order valence-corrected chi connectivity index (χ1v) is 8.53. The molecule has 2 unspecified atom stereocenters. The van der Waals surface area contributed by atoms with E-state index >= 15 is 0 Å². The fourth-order valence-electron chi connectivity index (χ4n) is 3.46. The molecule has 0 spiro atoms. The molecular formula is C16H23IN2. The highest BCUT2D eigenvalue weighted by atomic mass is 127. The summed E-state index contributed by atoms with van der Waals surface area (Å²) in [4.78, 5) is 5.40. The zero-order valence-electron chi connectivity index (χ0n) is 11.7. The van der Waals surface area contributed by atoms with Crippen LogP contribution in [0.5, 0.6) is 0 Å². The lowest BCUT2D eigenvalue weighted by molar-refractivity contribution is 0.0111. The predicted molar refractivity (Wildman–Crippen MR) is 88.2 cm³/mol. The lowest BCUT2D eigenvalue weighted by Gasteiger charge is -2.47. The largest absolute Gasteiger partial charge is 0.298 e. The van der Waals surface area contributed by atoms with Gasteiger partial charge in [0.15, 0.2) is 0 Å². The maximum absolute atomic E-state index is 2.72. The molecule has 0 aromatic heterocycles. The summed E-state index contributed by atoms with van der Waals surface area (Å²) in [6.45, 7) is 7.34. The van der Waals surface area contributed by atoms with E-state index in [0.717, 1.165) is 12.6 Å². The fraction of sp³-hybridized carbons (Fsp3) is 0.625. The highest BCUT2D eigenvalue weighted by Gasteiger charge is 2.32. The first kappa shape index (κ1) is 13.8. The van der Waals surface area contributed by atoms with Gasteiger partial charge in [-0.25, -0.2) is 0 Å². The molecule has 2 atom stereocenters. The van der Waals surface area contributed by atoms with Crippen LogP contribution in [-0.2, 0) is 6.54 Å². The Morgan fingerprint density at radius 2 is 1.95 bits per heavy atom. The second-order valence-electron chi connectivity index (χ2n) is 6.05. The van der Waals surface area contributed by atoms with Gasteiger partial charge in [-0.05, 0) is 66.6 Å². The van der Waals surface area contributed by atoms with Crippen molar-refractivity contribution in [3.8, 4) is 0 Å². The highest BCUT2D eigenvalue weighted by Crippen LogP contribution is 2.25. The molecule has 2 aliphatic heterocycles. The van der Waals surface area contributed by atoms with Gasteiger partial charge in [0.2, 0.25) is 0 Å². The van der Waals surface area contributed by atoms with E-state index in [0.29, 0.717) is 6.04 Å². The Morgan fingerprint density at radius 1 is 1.16 bits per heavy atom. The number of piperidine rings is 1. The first-order valence-electron chi connectivity index (χ1n) is 7.45. The second kappa shape index (κ2) is 6.10. The molecule has 0 bridgehead atoms. The minimum Gasteiger partial charge on any atom is -0.298 e. The number of hydrogen-bond donors (Lipinski definition) is 0. The Bertz CT molecular complexity index is 417. The molecule has 3 rings (SSSR count). The first-order chi connectivity index (χ1) is 9.22. The van der Waals surface area contributed by atoms with Gasteiger partial charge < -0.3 is 0 Å². The Morgan fingerprint density at radius 3 is 2.74 bits per heavy atom. The molecule has 19 heavy (non-hydrogen) atoms. The molecule has 104 valence electrons. The summed E-state index contributed by atoms with van der Waals surface area (Å²) >= 11 is 2.38. The van der Waals surface area contributed by atoms with Crippen LogP contribution in [0.1, 0.15) is 31.7 Å². The van der Waals surface area contributed by atoms with Gasteiger partial charge in [-0.3, -0.25) is 9.80 Å². The lowest BCUT2D eigenvalue weighted by atomic mass is 9.97. The Balaban J connectivity index is 1.65. The average Bonchev–Trinajstić information content (AvgIpc) is 2.42. The third kappa shape index (κ3) is 3.31. The van der Waals surface area contributed by atoms with Crippen molar-refractivity contribution in [2.24, 2.45) is 0 Å². The minimum atomic E-state index is 0.689. The highest BCUT2D eigenvalue weighted by molar-refractivity contribution is 14.1. The summed E-state index contributed by atoms with van der Waals surface area (Å²) in [5.74, 6) is 0. The van der Waals surface area contributed by atoms with Crippen LogP contribution in [0.25, 0.3) is 0 Å². The van der Waals surface area contributed by atoms with E-state index in [1.54, 1.807) is 0 Å². The summed E-state index contributed by atoms with van der Waals surface area (Å²) in [7, 11) is 0. The van der Waals surface area contributed by atoms with Crippen LogP contribution < -0.4 is 0 Å². The van der Waals surface area contributed by atoms with Gasteiger partial charge in [-0.1, -0.05) is 18.6 Å². The fourth-order valence-corrected chi connectivity index (χ4v) is 3.82. The van der Waals surface area contributed by atoms with E-state index in [1.807, 2.05) is 0 Å². The smallest absolute Gasteiger partial charge is 0.0237 e. The van der Waals surface area contributed by atoms with E-state index in [2.05, 4.69) is 63.6 Å². The van der Waals surface area contributed by atoms with Crippen LogP contribution in [0, 0.1) is 3.57 Å². The van der Waals surface area contributed by atoms with Gasteiger partial charge in [0.25, 0.3) is 0 Å². The summed E-state index contributed by atoms with van der Waals surface area (Å²) in [5.41, 5.74) is 1.46. The molecule has 1 aromatic carbocycles. The van der Waals surface area contributed by atoms with Crippen molar-refractivity contribution in [1.29, 1.82) is 0 Å². The van der Waals surface area contributed by atoms with Crippen LogP contribution in [0.15, 0.2) is 24.3 Å². The molecule has 1 aromatic rings. The Labute approximate surface area is 130 Å². The summed E-state index contributed by atoms with van der Waals surface area (Å²) in [5, 5.41) is 0. The quantitative estimate of drug-likeness (QED) is 0.737. The lowest BCUT2D eigenvalue weighted by Crippen LogP contribution is -2.58. The number of nitrogens with zero attached hydrogens (tertiary/aromatic N) is 2. The van der Waals surface area contributed by atoms with E-state index in [-0.39, 0.29) is 0 Å². The predicted octanol–water partition coefficient (Wildman–Crippen LogP) is 3.35. The zero-order chi connectivity index (χ0) is 13.2.